The zero-order chi connectivity index (χ0) is 7.07. The Balaban J connectivity index is -0.0000000102. The molecule has 0 fully saturated rings. The molecule has 0 aromatic heterocycles. The van der Waals surface area contributed by atoms with E-state index in [1.165, 1.54) is 0 Å². The van der Waals surface area contributed by atoms with Crippen molar-refractivity contribution >= 4 is 12.7 Å². The Morgan fingerprint density at radius 1 is 0.579 bits per heavy atom. The summed E-state index contributed by atoms with van der Waals surface area (Å²) in [6.45, 7) is 0. The van der Waals surface area contributed by atoms with Crippen LogP contribution in [0, 0.1) is 0 Å². The molecule has 0 aliphatic carbocycles. The predicted molar refractivity (Wildman–Crippen MR) is 48.9 cm³/mol. The van der Waals surface area contributed by atoms with E-state index >= 15 is 0 Å². The second-order valence-electron chi connectivity index (χ2n) is 1.66. The molecule has 0 unspecified atom stereocenters. The van der Waals surface area contributed by atoms with E-state index in [4.69, 9.17) is 0 Å². The van der Waals surface area contributed by atoms with Crippen molar-refractivity contribution in [1.29, 1.82) is 0 Å². The van der Waals surface area contributed by atoms with Gasteiger partial charge >= 0.3 is 34.7 Å². The molecule has 8 N–H and O–H groups in total. The number of aliphatic imine (C=N–C) groups is 2. The zero-order valence-electron chi connectivity index (χ0n) is 9.34. The molecule has 112 valence electrons. The SMILES string of the molecule is C1=C[NH2+]C=N1.C1=C[NH2+]C=N1.[Cr+4].[Cr+4].[O-2].[O-2].[O-2].[OH-].[OH-].[OH-].[OH-]. The molecule has 0 spiro atoms. The van der Waals surface area contributed by atoms with Gasteiger partial charge in [-0.1, -0.05) is 0 Å². The third-order valence-electron chi connectivity index (χ3n) is 0.911. The molecule has 0 radical (unpaired) electrons. The van der Waals surface area contributed by atoms with Gasteiger partial charge in [0.05, 0.1) is 12.4 Å². The van der Waals surface area contributed by atoms with Crippen molar-refractivity contribution in [2.24, 2.45) is 9.98 Å². The van der Waals surface area contributed by atoms with Crippen molar-refractivity contribution in [1.82, 2.24) is 0 Å². The minimum absolute atomic E-state index is 0. The van der Waals surface area contributed by atoms with Crippen molar-refractivity contribution < 1.29 is 83.7 Å². The number of rotatable bonds is 0. The second kappa shape index (κ2) is 52.7. The van der Waals surface area contributed by atoms with Gasteiger partial charge in [0.25, 0.3) is 0 Å². The fraction of sp³-hybridized carbons (Fsp3) is 0. The maximum Gasteiger partial charge on any atom is 4.00 e. The summed E-state index contributed by atoms with van der Waals surface area (Å²) in [6.07, 6.45) is 10.8. The first-order valence-corrected chi connectivity index (χ1v) is 3.03. The number of nitrogens with zero attached hydrogens (tertiary/aromatic N) is 2. The molecule has 0 atom stereocenters. The summed E-state index contributed by atoms with van der Waals surface area (Å²) < 4.78 is 0. The van der Waals surface area contributed by atoms with Crippen molar-refractivity contribution in [3.63, 3.8) is 0 Å². The summed E-state index contributed by atoms with van der Waals surface area (Å²) in [5.41, 5.74) is 0. The molecule has 13 heteroatoms. The first kappa shape index (κ1) is 62.7. The Hall–Kier alpha value is -0.475. The van der Waals surface area contributed by atoms with E-state index in [9.17, 15) is 0 Å². The number of hydrogen-bond acceptors (Lipinski definition) is 6. The topological polar surface area (TPSA) is 263 Å². The van der Waals surface area contributed by atoms with Crippen molar-refractivity contribution in [3.8, 4) is 0 Å². The summed E-state index contributed by atoms with van der Waals surface area (Å²) in [5.74, 6) is 0. The third kappa shape index (κ3) is 46.6. The number of nitrogens with two attached hydrogens (primary N) is 2. The van der Waals surface area contributed by atoms with E-state index in [1.54, 1.807) is 25.1 Å². The average molecular weight is 358 g/mol. The summed E-state index contributed by atoms with van der Waals surface area (Å²) in [6, 6.07) is 0. The fourth-order valence-electron chi connectivity index (χ4n) is 0.497. The van der Waals surface area contributed by atoms with Crippen LogP contribution in [0.2, 0.25) is 0 Å². The van der Waals surface area contributed by atoms with Gasteiger partial charge in [-0.15, -0.1) is 0 Å². The van der Waals surface area contributed by atoms with Crippen molar-refractivity contribution in [2.75, 3.05) is 0 Å². The van der Waals surface area contributed by atoms with E-state index in [0.717, 1.165) is 0 Å². The molecule has 11 nitrogen and oxygen atoms in total. The van der Waals surface area contributed by atoms with Crippen LogP contribution in [0.25, 0.3) is 0 Å². The standard InChI is InChI=1S/2C3H4N2.2Cr.4H2O.3O/c2*1-2-5-3-4-1;;;;;;;;;/h2*1-3H,(H,4,5);;;4*1H2;;;/q;;2*+4;;;;;3*-2/p-2. The average Bonchev–Trinajstić information content (AvgIpc) is 2.67. The van der Waals surface area contributed by atoms with Crippen molar-refractivity contribution in [3.05, 3.63) is 24.8 Å². The molecule has 0 bridgehead atoms. The molecule has 0 saturated heterocycles. The van der Waals surface area contributed by atoms with Gasteiger partial charge in [-0.05, 0) is 0 Å². The van der Waals surface area contributed by atoms with Crippen molar-refractivity contribution in [2.45, 2.75) is 0 Å². The molecular formula is C6H14Cr2N4O7. The summed E-state index contributed by atoms with van der Waals surface area (Å²) in [7, 11) is 0. The molecule has 2 aliphatic rings. The van der Waals surface area contributed by atoms with E-state index in [1.807, 2.05) is 23.0 Å². The molecule has 2 rings (SSSR count). The number of hydrogen-bond donors (Lipinski definition) is 2. The van der Waals surface area contributed by atoms with Crippen LogP contribution in [-0.4, -0.2) is 34.6 Å². The normalized spacial score (nSPS) is 9.26. The molecule has 2 heterocycles. The molecular weight excluding hydrogens is 344 g/mol. The molecule has 2 aliphatic heterocycles. The summed E-state index contributed by atoms with van der Waals surface area (Å²) in [4.78, 5) is 7.44. The monoisotopic (exact) mass is 358 g/mol. The van der Waals surface area contributed by atoms with Crippen LogP contribution in [0.4, 0.5) is 0 Å². The number of quaternary nitrogens is 2. The van der Waals surface area contributed by atoms with Gasteiger partial charge in [-0.3, -0.25) is 10.6 Å². The fourth-order valence-corrected chi connectivity index (χ4v) is 0.497. The maximum absolute atomic E-state index is 3.72. The van der Waals surface area contributed by atoms with Gasteiger partial charge in [0.2, 0.25) is 0 Å². The minimum atomic E-state index is 0. The summed E-state index contributed by atoms with van der Waals surface area (Å²) in [5, 5.41) is 3.78. The van der Waals surface area contributed by atoms with Crippen LogP contribution >= 0.6 is 0 Å². The van der Waals surface area contributed by atoms with Gasteiger partial charge in [0, 0.05) is 0 Å². The van der Waals surface area contributed by atoms with Crippen LogP contribution in [0.3, 0.4) is 0 Å². The first-order chi connectivity index (χ1) is 5.00. The quantitative estimate of drug-likeness (QED) is 0.459. The second-order valence-corrected chi connectivity index (χ2v) is 1.66. The van der Waals surface area contributed by atoms with E-state index in [2.05, 4.69) is 9.98 Å². The van der Waals surface area contributed by atoms with Gasteiger partial charge in [-0.25, -0.2) is 9.98 Å². The molecule has 0 amide bonds. The largest absolute Gasteiger partial charge is 4.00 e. The zero-order valence-corrected chi connectivity index (χ0v) is 11.9. The van der Waals surface area contributed by atoms with Gasteiger partial charge in [-0.2, -0.15) is 0 Å². The predicted octanol–water partition coefficient (Wildman–Crippen LogP) is -2.94. The van der Waals surface area contributed by atoms with E-state index in [0.29, 0.717) is 0 Å². The molecule has 0 aromatic carbocycles. The Labute approximate surface area is 131 Å². The smallest absolute Gasteiger partial charge is 2.00 e. The Bertz CT molecular complexity index is 174. The Morgan fingerprint density at radius 3 is 0.895 bits per heavy atom. The van der Waals surface area contributed by atoms with E-state index < -0.39 is 0 Å². The Kier molecular flexibility index (Phi) is 174. The van der Waals surface area contributed by atoms with Crippen LogP contribution in [0.5, 0.6) is 0 Å². The van der Waals surface area contributed by atoms with Crippen LogP contribution in [0.15, 0.2) is 34.8 Å². The van der Waals surface area contributed by atoms with Crippen LogP contribution < -0.4 is 10.6 Å². The molecule has 0 saturated carbocycles. The minimum Gasteiger partial charge on any atom is -2.00 e. The third-order valence-corrected chi connectivity index (χ3v) is 0.911. The van der Waals surface area contributed by atoms with Gasteiger partial charge < -0.3 is 38.3 Å². The van der Waals surface area contributed by atoms with Gasteiger partial charge in [0.15, 0.2) is 12.7 Å². The van der Waals surface area contributed by atoms with E-state index in [-0.39, 0.29) is 73.1 Å². The van der Waals surface area contributed by atoms with Gasteiger partial charge in [0.1, 0.15) is 12.4 Å². The first-order valence-electron chi connectivity index (χ1n) is 3.03. The Morgan fingerprint density at radius 2 is 0.842 bits per heavy atom. The van der Waals surface area contributed by atoms with Crippen LogP contribution in [-0.2, 0) is 51.2 Å². The maximum atomic E-state index is 3.72. The van der Waals surface area contributed by atoms with Crippen LogP contribution in [0.1, 0.15) is 0 Å². The summed E-state index contributed by atoms with van der Waals surface area (Å²) >= 11 is 0. The molecule has 0 aromatic rings. The molecule has 19 heavy (non-hydrogen) atoms.